The zero-order valence-corrected chi connectivity index (χ0v) is 16.1. The molecule has 4 rings (SSSR count). The lowest BCUT2D eigenvalue weighted by atomic mass is 9.85. The van der Waals surface area contributed by atoms with Crippen molar-refractivity contribution in [1.29, 1.82) is 0 Å². The fraction of sp³-hybridized carbons (Fsp3) is 0.208. The Bertz CT molecular complexity index is 1040. The van der Waals surface area contributed by atoms with Crippen molar-refractivity contribution in [2.75, 3.05) is 11.4 Å². The Hall–Kier alpha value is -3.27. The molecule has 1 aliphatic rings. The zero-order valence-electron chi connectivity index (χ0n) is 16.1. The minimum atomic E-state index is -0.708. The van der Waals surface area contributed by atoms with Gasteiger partial charge in [0.2, 0.25) is 0 Å². The Morgan fingerprint density at radius 2 is 1.82 bits per heavy atom. The highest BCUT2D eigenvalue weighted by atomic mass is 16.2. The summed E-state index contributed by atoms with van der Waals surface area (Å²) in [5.41, 5.74) is 5.16. The minimum absolute atomic E-state index is 0.101. The van der Waals surface area contributed by atoms with Gasteiger partial charge in [0.05, 0.1) is 12.2 Å². The highest BCUT2D eigenvalue weighted by molar-refractivity contribution is 6.19. The molecule has 28 heavy (non-hydrogen) atoms. The highest BCUT2D eigenvalue weighted by Crippen LogP contribution is 2.32. The maximum atomic E-state index is 13.2. The van der Waals surface area contributed by atoms with Crippen LogP contribution in [0.15, 0.2) is 66.9 Å². The third-order valence-electron chi connectivity index (χ3n) is 5.42. The number of carbonyl (C=O) groups is 2. The van der Waals surface area contributed by atoms with Crippen molar-refractivity contribution in [3.63, 3.8) is 0 Å². The van der Waals surface area contributed by atoms with Crippen molar-refractivity contribution in [2.45, 2.75) is 20.4 Å². The summed E-state index contributed by atoms with van der Waals surface area (Å²) in [7, 11) is 0. The van der Waals surface area contributed by atoms with Gasteiger partial charge in [0.25, 0.3) is 0 Å². The van der Waals surface area contributed by atoms with Crippen LogP contribution in [0.25, 0.3) is 0 Å². The van der Waals surface area contributed by atoms with Gasteiger partial charge in [-0.15, -0.1) is 0 Å². The molecule has 0 fully saturated rings. The van der Waals surface area contributed by atoms with Crippen LogP contribution in [-0.2, 0) is 6.54 Å². The predicted octanol–water partition coefficient (Wildman–Crippen LogP) is 4.40. The number of aryl methyl sites for hydroxylation is 2. The third kappa shape index (κ3) is 3.33. The Balaban J connectivity index is 1.70. The smallest absolute Gasteiger partial charge is 0.177 e. The summed E-state index contributed by atoms with van der Waals surface area (Å²) in [5, 5.41) is 0. The fourth-order valence-electron chi connectivity index (χ4n) is 3.68. The van der Waals surface area contributed by atoms with E-state index in [2.05, 4.69) is 9.88 Å². The number of fused-ring (bicyclic) bond motifs is 1. The van der Waals surface area contributed by atoms with Crippen LogP contribution in [0.5, 0.6) is 0 Å². The zero-order chi connectivity index (χ0) is 19.7. The monoisotopic (exact) mass is 370 g/mol. The molecule has 0 saturated heterocycles. The van der Waals surface area contributed by atoms with Crippen LogP contribution in [0.4, 0.5) is 5.69 Å². The van der Waals surface area contributed by atoms with Crippen molar-refractivity contribution in [3.8, 4) is 0 Å². The second kappa shape index (κ2) is 7.39. The molecule has 0 spiro atoms. The van der Waals surface area contributed by atoms with Gasteiger partial charge in [-0.3, -0.25) is 14.6 Å². The molecular formula is C24H22N2O2. The van der Waals surface area contributed by atoms with E-state index in [0.717, 1.165) is 22.5 Å². The molecule has 4 nitrogen and oxygen atoms in total. The van der Waals surface area contributed by atoms with Gasteiger partial charge in [-0.2, -0.15) is 0 Å². The lowest BCUT2D eigenvalue weighted by Gasteiger charge is -2.34. The summed E-state index contributed by atoms with van der Waals surface area (Å²) in [6.45, 7) is 4.91. The van der Waals surface area contributed by atoms with Crippen LogP contribution >= 0.6 is 0 Å². The van der Waals surface area contributed by atoms with E-state index in [4.69, 9.17) is 0 Å². The second-order valence-electron chi connectivity index (χ2n) is 7.30. The number of rotatable bonds is 4. The first-order valence-electron chi connectivity index (χ1n) is 9.44. The number of benzene rings is 2. The first-order chi connectivity index (χ1) is 13.5. The van der Waals surface area contributed by atoms with Crippen molar-refractivity contribution in [1.82, 2.24) is 4.98 Å². The minimum Gasteiger partial charge on any atom is -0.364 e. The van der Waals surface area contributed by atoms with E-state index in [1.165, 1.54) is 0 Å². The molecule has 3 aromatic rings. The van der Waals surface area contributed by atoms with Gasteiger partial charge in [-0.25, -0.2) is 0 Å². The molecule has 0 amide bonds. The highest BCUT2D eigenvalue weighted by Gasteiger charge is 2.36. The quantitative estimate of drug-likeness (QED) is 0.504. The van der Waals surface area contributed by atoms with Crippen LogP contribution in [0.2, 0.25) is 0 Å². The van der Waals surface area contributed by atoms with E-state index in [1.54, 1.807) is 6.20 Å². The van der Waals surface area contributed by atoms with Crippen molar-refractivity contribution in [3.05, 3.63) is 94.8 Å². The van der Waals surface area contributed by atoms with Gasteiger partial charge in [-0.05, 0) is 55.3 Å². The van der Waals surface area contributed by atoms with Crippen LogP contribution in [-0.4, -0.2) is 23.1 Å². The predicted molar refractivity (Wildman–Crippen MR) is 110 cm³/mol. The molecular weight excluding hydrogens is 348 g/mol. The number of aromatic nitrogens is 1. The largest absolute Gasteiger partial charge is 0.364 e. The van der Waals surface area contributed by atoms with Crippen LogP contribution in [0.3, 0.4) is 0 Å². The lowest BCUT2D eigenvalue weighted by Crippen LogP contribution is -2.42. The van der Waals surface area contributed by atoms with E-state index in [9.17, 15) is 9.59 Å². The number of anilines is 1. The number of hydrogen-bond donors (Lipinski definition) is 0. The standard InChI is InChI=1S/C24H22N2O2/c1-16-10-11-18(13-17(16)2)23(27)21-15-26(14-19-7-5-6-12-25-19)22-9-4-3-8-20(22)24(21)28/h3-13,21H,14-15H2,1-2H3. The van der Waals surface area contributed by atoms with E-state index < -0.39 is 5.92 Å². The van der Waals surface area contributed by atoms with Crippen molar-refractivity contribution < 1.29 is 9.59 Å². The number of Topliss-reactive ketones (excluding diaryl/α,β-unsaturated/α-hetero) is 2. The molecule has 140 valence electrons. The number of pyridine rings is 1. The maximum absolute atomic E-state index is 13.2. The summed E-state index contributed by atoms with van der Waals surface area (Å²) in [5.74, 6) is -0.926. The van der Waals surface area contributed by atoms with Crippen molar-refractivity contribution in [2.24, 2.45) is 5.92 Å². The third-order valence-corrected chi connectivity index (χ3v) is 5.42. The molecule has 0 radical (unpaired) electrons. The molecule has 4 heteroatoms. The first-order valence-corrected chi connectivity index (χ1v) is 9.44. The summed E-state index contributed by atoms with van der Waals surface area (Å²) in [4.78, 5) is 32.8. The number of para-hydroxylation sites is 1. The maximum Gasteiger partial charge on any atom is 0.177 e. The van der Waals surface area contributed by atoms with Crippen LogP contribution < -0.4 is 4.90 Å². The molecule has 2 aromatic carbocycles. The summed E-state index contributed by atoms with van der Waals surface area (Å²) >= 11 is 0. The van der Waals surface area contributed by atoms with E-state index in [0.29, 0.717) is 24.2 Å². The second-order valence-corrected chi connectivity index (χ2v) is 7.30. The molecule has 0 N–H and O–H groups in total. The number of ketones is 2. The van der Waals surface area contributed by atoms with Crippen LogP contribution in [0.1, 0.15) is 37.5 Å². The Kier molecular flexibility index (Phi) is 4.78. The number of nitrogens with zero attached hydrogens (tertiary/aromatic N) is 2. The lowest BCUT2D eigenvalue weighted by molar-refractivity contribution is 0.0804. The molecule has 1 aromatic heterocycles. The average molecular weight is 370 g/mol. The van der Waals surface area contributed by atoms with Crippen LogP contribution in [0, 0.1) is 19.8 Å². The normalized spacial score (nSPS) is 16.0. The topological polar surface area (TPSA) is 50.3 Å². The molecule has 0 aliphatic carbocycles. The Morgan fingerprint density at radius 1 is 1.04 bits per heavy atom. The molecule has 0 bridgehead atoms. The van der Waals surface area contributed by atoms with Gasteiger partial charge in [0.1, 0.15) is 5.92 Å². The van der Waals surface area contributed by atoms with Gasteiger partial charge < -0.3 is 4.90 Å². The van der Waals surface area contributed by atoms with E-state index in [-0.39, 0.29) is 11.6 Å². The van der Waals surface area contributed by atoms with E-state index in [1.807, 2.05) is 74.5 Å². The van der Waals surface area contributed by atoms with Gasteiger partial charge in [0.15, 0.2) is 11.6 Å². The summed E-state index contributed by atoms with van der Waals surface area (Å²) in [6.07, 6.45) is 1.76. The molecule has 0 saturated carbocycles. The average Bonchev–Trinajstić information content (AvgIpc) is 2.72. The number of carbonyl (C=O) groups excluding carboxylic acids is 2. The summed E-state index contributed by atoms with van der Waals surface area (Å²) < 4.78 is 0. The molecule has 1 atom stereocenters. The van der Waals surface area contributed by atoms with Crippen molar-refractivity contribution >= 4 is 17.3 Å². The van der Waals surface area contributed by atoms with Gasteiger partial charge >= 0.3 is 0 Å². The summed E-state index contributed by atoms with van der Waals surface area (Å²) in [6, 6.07) is 18.9. The molecule has 2 heterocycles. The Labute approximate surface area is 164 Å². The molecule has 1 aliphatic heterocycles. The first kappa shape index (κ1) is 18.1. The van der Waals surface area contributed by atoms with E-state index >= 15 is 0 Å². The SMILES string of the molecule is Cc1ccc(C(=O)C2CN(Cc3ccccn3)c3ccccc3C2=O)cc1C. The number of hydrogen-bond acceptors (Lipinski definition) is 4. The molecule has 1 unspecified atom stereocenters. The van der Waals surface area contributed by atoms with Gasteiger partial charge in [0, 0.05) is 29.6 Å². The fourth-order valence-corrected chi connectivity index (χ4v) is 3.68. The Morgan fingerprint density at radius 3 is 2.57 bits per heavy atom. The van der Waals surface area contributed by atoms with Gasteiger partial charge in [-0.1, -0.05) is 30.3 Å².